The summed E-state index contributed by atoms with van der Waals surface area (Å²) >= 11 is 0. The predicted octanol–water partition coefficient (Wildman–Crippen LogP) is 0.737. The Balaban J connectivity index is 1.93. The monoisotopic (exact) mass is 332 g/mol. The molecule has 1 aromatic rings. The number of carbonyl (C=O) groups is 2. The van der Waals surface area contributed by atoms with Crippen LogP contribution in [0.3, 0.4) is 0 Å². The van der Waals surface area contributed by atoms with Crippen molar-refractivity contribution in [3.8, 4) is 0 Å². The molecule has 24 heavy (non-hydrogen) atoms. The Bertz CT molecular complexity index is 595. The van der Waals surface area contributed by atoms with E-state index in [9.17, 15) is 9.59 Å². The lowest BCUT2D eigenvalue weighted by atomic mass is 9.97. The van der Waals surface area contributed by atoms with Gasteiger partial charge in [0.05, 0.1) is 11.5 Å². The first-order valence-electron chi connectivity index (χ1n) is 8.42. The molecule has 0 bridgehead atoms. The molecule has 1 aliphatic heterocycles. The van der Waals surface area contributed by atoms with Gasteiger partial charge < -0.3 is 16.8 Å². The summed E-state index contributed by atoms with van der Waals surface area (Å²) in [7, 11) is 0. The smallest absolute Gasteiger partial charge is 0.239 e. The summed E-state index contributed by atoms with van der Waals surface area (Å²) in [6.45, 7) is 6.31. The second kappa shape index (κ2) is 7.77. The highest BCUT2D eigenvalue weighted by Gasteiger charge is 2.24. The van der Waals surface area contributed by atoms with Crippen LogP contribution in [0.5, 0.6) is 0 Å². The molecule has 0 saturated carbocycles. The molecular formula is C18H28N4O2. The van der Waals surface area contributed by atoms with Gasteiger partial charge in [-0.05, 0) is 44.4 Å². The van der Waals surface area contributed by atoms with E-state index in [-0.39, 0.29) is 17.7 Å². The first-order chi connectivity index (χ1) is 11.3. The number of amides is 2. The molecule has 0 spiro atoms. The fourth-order valence-corrected chi connectivity index (χ4v) is 2.94. The van der Waals surface area contributed by atoms with Crippen molar-refractivity contribution >= 4 is 11.8 Å². The Hall–Kier alpha value is -1.92. The highest BCUT2D eigenvalue weighted by Crippen LogP contribution is 2.18. The molecule has 1 saturated heterocycles. The Labute approximate surface area is 143 Å². The van der Waals surface area contributed by atoms with Crippen molar-refractivity contribution in [2.75, 3.05) is 13.1 Å². The van der Waals surface area contributed by atoms with E-state index >= 15 is 0 Å². The molecule has 5 N–H and O–H groups in total. The van der Waals surface area contributed by atoms with E-state index < -0.39 is 5.54 Å². The van der Waals surface area contributed by atoms with Crippen LogP contribution in [0, 0.1) is 5.92 Å². The number of primary amides is 1. The summed E-state index contributed by atoms with van der Waals surface area (Å²) in [5.41, 5.74) is 12.5. The molecule has 1 aromatic carbocycles. The molecule has 6 nitrogen and oxygen atoms in total. The molecule has 6 heteroatoms. The maximum Gasteiger partial charge on any atom is 0.239 e. The lowest BCUT2D eigenvalue weighted by Gasteiger charge is -2.31. The number of likely N-dealkylation sites (tertiary alicyclic amines) is 1. The van der Waals surface area contributed by atoms with Crippen LogP contribution >= 0.6 is 0 Å². The summed E-state index contributed by atoms with van der Waals surface area (Å²) in [6, 6.07) is 8.11. The highest BCUT2D eigenvalue weighted by atomic mass is 16.2. The fourth-order valence-electron chi connectivity index (χ4n) is 2.94. The number of benzene rings is 1. The van der Waals surface area contributed by atoms with Crippen LogP contribution in [0.2, 0.25) is 0 Å². The van der Waals surface area contributed by atoms with Crippen molar-refractivity contribution in [3.05, 3.63) is 35.4 Å². The number of piperidine rings is 1. The minimum atomic E-state index is -0.880. The van der Waals surface area contributed by atoms with E-state index in [0.29, 0.717) is 6.54 Å². The summed E-state index contributed by atoms with van der Waals surface area (Å²) in [5, 5.41) is 2.85. The van der Waals surface area contributed by atoms with Crippen LogP contribution in [0.1, 0.15) is 37.8 Å². The number of nitrogens with two attached hydrogens (primary N) is 2. The van der Waals surface area contributed by atoms with Gasteiger partial charge in [0.2, 0.25) is 11.8 Å². The molecule has 1 aliphatic rings. The van der Waals surface area contributed by atoms with Crippen LogP contribution in [0.15, 0.2) is 24.3 Å². The van der Waals surface area contributed by atoms with Crippen molar-refractivity contribution in [2.45, 2.75) is 45.3 Å². The van der Waals surface area contributed by atoms with E-state index in [1.54, 1.807) is 13.8 Å². The Kier molecular flexibility index (Phi) is 5.96. The number of hydrogen-bond donors (Lipinski definition) is 3. The largest absolute Gasteiger partial charge is 0.369 e. The Morgan fingerprint density at radius 3 is 2.71 bits per heavy atom. The average Bonchev–Trinajstić information content (AvgIpc) is 2.52. The van der Waals surface area contributed by atoms with Crippen molar-refractivity contribution in [2.24, 2.45) is 17.4 Å². The maximum absolute atomic E-state index is 11.9. The third-order valence-corrected chi connectivity index (χ3v) is 4.34. The topological polar surface area (TPSA) is 101 Å². The van der Waals surface area contributed by atoms with Gasteiger partial charge >= 0.3 is 0 Å². The van der Waals surface area contributed by atoms with Gasteiger partial charge in [0.25, 0.3) is 0 Å². The van der Waals surface area contributed by atoms with E-state index in [4.69, 9.17) is 11.5 Å². The quantitative estimate of drug-likeness (QED) is 0.715. The number of nitrogens with zero attached hydrogens (tertiary/aromatic N) is 1. The van der Waals surface area contributed by atoms with Gasteiger partial charge in [-0.15, -0.1) is 0 Å². The van der Waals surface area contributed by atoms with Crippen molar-refractivity contribution in [3.63, 3.8) is 0 Å². The SMILES string of the molecule is CC(C)(N)C(=O)NCc1cccc(CN2CCCC(C(N)=O)C2)c1. The van der Waals surface area contributed by atoms with Crippen LogP contribution in [0.4, 0.5) is 0 Å². The number of carbonyl (C=O) groups excluding carboxylic acids is 2. The minimum Gasteiger partial charge on any atom is -0.369 e. The van der Waals surface area contributed by atoms with Gasteiger partial charge in [-0.25, -0.2) is 0 Å². The summed E-state index contributed by atoms with van der Waals surface area (Å²) in [4.78, 5) is 25.5. The van der Waals surface area contributed by atoms with Gasteiger partial charge in [0.15, 0.2) is 0 Å². The average molecular weight is 332 g/mol. The van der Waals surface area contributed by atoms with E-state index in [1.165, 1.54) is 5.56 Å². The molecule has 0 aliphatic carbocycles. The predicted molar refractivity (Wildman–Crippen MR) is 93.8 cm³/mol. The van der Waals surface area contributed by atoms with Gasteiger partial charge in [-0.1, -0.05) is 24.3 Å². The number of hydrogen-bond acceptors (Lipinski definition) is 4. The summed E-state index contributed by atoms with van der Waals surface area (Å²) in [6.07, 6.45) is 1.88. The fraction of sp³-hybridized carbons (Fsp3) is 0.556. The second-order valence-electron chi connectivity index (χ2n) is 7.20. The molecule has 2 amide bonds. The zero-order valence-electron chi connectivity index (χ0n) is 14.5. The van der Waals surface area contributed by atoms with Crippen LogP contribution in [0.25, 0.3) is 0 Å². The van der Waals surface area contributed by atoms with Crippen molar-refractivity contribution in [1.29, 1.82) is 0 Å². The summed E-state index contributed by atoms with van der Waals surface area (Å²) < 4.78 is 0. The Morgan fingerprint density at radius 2 is 2.04 bits per heavy atom. The van der Waals surface area contributed by atoms with Crippen LogP contribution < -0.4 is 16.8 Å². The molecule has 1 unspecified atom stereocenters. The molecule has 1 atom stereocenters. The van der Waals surface area contributed by atoms with E-state index in [2.05, 4.69) is 22.3 Å². The van der Waals surface area contributed by atoms with Gasteiger partial charge in [-0.3, -0.25) is 14.5 Å². The molecule has 2 rings (SSSR count). The minimum absolute atomic E-state index is 0.0481. The van der Waals surface area contributed by atoms with E-state index in [0.717, 1.165) is 38.0 Å². The molecular weight excluding hydrogens is 304 g/mol. The third-order valence-electron chi connectivity index (χ3n) is 4.34. The molecule has 1 fully saturated rings. The molecule has 0 radical (unpaired) electrons. The first-order valence-corrected chi connectivity index (χ1v) is 8.42. The van der Waals surface area contributed by atoms with Gasteiger partial charge in [0, 0.05) is 19.6 Å². The van der Waals surface area contributed by atoms with Crippen LogP contribution in [-0.2, 0) is 22.7 Å². The standard InChI is InChI=1S/C18H28N4O2/c1-18(2,20)17(24)21-10-13-5-3-6-14(9-13)11-22-8-4-7-15(12-22)16(19)23/h3,5-6,9,15H,4,7-8,10-12,20H2,1-2H3,(H2,19,23)(H,21,24). The third kappa shape index (κ3) is 5.32. The van der Waals surface area contributed by atoms with Crippen molar-refractivity contribution < 1.29 is 9.59 Å². The number of nitrogens with one attached hydrogen (secondary N) is 1. The van der Waals surface area contributed by atoms with Crippen LogP contribution in [-0.4, -0.2) is 35.3 Å². The van der Waals surface area contributed by atoms with Crippen molar-refractivity contribution in [1.82, 2.24) is 10.2 Å². The lowest BCUT2D eigenvalue weighted by molar-refractivity contribution is -0.125. The first kappa shape index (κ1) is 18.4. The van der Waals surface area contributed by atoms with E-state index in [1.807, 2.05) is 12.1 Å². The molecule has 132 valence electrons. The summed E-state index contributed by atoms with van der Waals surface area (Å²) in [5.74, 6) is -0.429. The zero-order chi connectivity index (χ0) is 17.7. The lowest BCUT2D eigenvalue weighted by Crippen LogP contribution is -2.48. The van der Waals surface area contributed by atoms with Gasteiger partial charge in [-0.2, -0.15) is 0 Å². The molecule has 0 aromatic heterocycles. The number of rotatable bonds is 6. The normalized spacial score (nSPS) is 19.0. The molecule has 1 heterocycles. The maximum atomic E-state index is 11.9. The van der Waals surface area contributed by atoms with Gasteiger partial charge in [0.1, 0.15) is 0 Å². The second-order valence-corrected chi connectivity index (χ2v) is 7.20. The Morgan fingerprint density at radius 1 is 1.33 bits per heavy atom. The highest BCUT2D eigenvalue weighted by molar-refractivity contribution is 5.84. The zero-order valence-corrected chi connectivity index (χ0v) is 14.5.